The minimum absolute atomic E-state index is 0.570. The van der Waals surface area contributed by atoms with E-state index in [1.54, 1.807) is 0 Å². The predicted octanol–water partition coefficient (Wildman–Crippen LogP) is 2.17. The molecule has 2 heterocycles. The third kappa shape index (κ3) is 2.35. The highest BCUT2D eigenvalue weighted by Gasteiger charge is 2.28. The second-order valence-electron chi connectivity index (χ2n) is 5.45. The molecule has 1 aliphatic carbocycles. The number of piperidine rings is 1. The third-order valence-corrected chi connectivity index (χ3v) is 3.80. The van der Waals surface area contributed by atoms with Gasteiger partial charge in [-0.3, -0.25) is 0 Å². The smallest absolute Gasteiger partial charge is 0.136 e. The van der Waals surface area contributed by atoms with Crippen LogP contribution in [0, 0.1) is 5.92 Å². The topological polar surface area (TPSA) is 55.0 Å². The van der Waals surface area contributed by atoms with E-state index in [0.717, 1.165) is 30.6 Å². The summed E-state index contributed by atoms with van der Waals surface area (Å²) >= 11 is 0. The third-order valence-electron chi connectivity index (χ3n) is 3.80. The lowest BCUT2D eigenvalue weighted by molar-refractivity contribution is 0.436. The van der Waals surface area contributed by atoms with Crippen LogP contribution in [0.5, 0.6) is 0 Å². The minimum Gasteiger partial charge on any atom is -0.384 e. The summed E-state index contributed by atoms with van der Waals surface area (Å²) in [6, 6.07) is 1.92. The molecule has 1 aliphatic heterocycles. The summed E-state index contributed by atoms with van der Waals surface area (Å²) < 4.78 is 0. The van der Waals surface area contributed by atoms with Gasteiger partial charge in [0.25, 0.3) is 0 Å². The van der Waals surface area contributed by atoms with Crippen LogP contribution in [0.2, 0.25) is 0 Å². The molecule has 1 saturated heterocycles. The van der Waals surface area contributed by atoms with E-state index in [1.165, 1.54) is 25.7 Å². The molecule has 17 heavy (non-hydrogen) atoms. The standard InChI is InChI=1S/C13H20N4/c1-9-4-6-17(7-5-9)12-8-11(14)15-13(16-12)10-2-3-10/h8-10H,2-7H2,1H3,(H2,14,15,16). The maximum Gasteiger partial charge on any atom is 0.136 e. The van der Waals surface area contributed by atoms with Crippen LogP contribution in [0.4, 0.5) is 11.6 Å². The second kappa shape index (κ2) is 4.17. The SMILES string of the molecule is CC1CCN(c2cc(N)nc(C3CC3)n2)CC1. The van der Waals surface area contributed by atoms with Gasteiger partial charge in [-0.25, -0.2) is 9.97 Å². The molecule has 4 nitrogen and oxygen atoms in total. The maximum atomic E-state index is 5.88. The molecule has 1 aromatic rings. The highest BCUT2D eigenvalue weighted by atomic mass is 15.2. The van der Waals surface area contributed by atoms with Crippen molar-refractivity contribution in [2.24, 2.45) is 5.92 Å². The summed E-state index contributed by atoms with van der Waals surface area (Å²) in [6.07, 6.45) is 4.95. The maximum absolute atomic E-state index is 5.88. The molecule has 0 bridgehead atoms. The van der Waals surface area contributed by atoms with Gasteiger partial charge in [0.05, 0.1) is 0 Å². The van der Waals surface area contributed by atoms with Gasteiger partial charge in [-0.1, -0.05) is 6.92 Å². The van der Waals surface area contributed by atoms with Gasteiger partial charge in [-0.05, 0) is 31.6 Å². The first kappa shape index (κ1) is 10.8. The Morgan fingerprint density at radius 3 is 2.53 bits per heavy atom. The minimum atomic E-state index is 0.570. The molecule has 2 aliphatic rings. The fourth-order valence-corrected chi connectivity index (χ4v) is 2.40. The molecule has 0 amide bonds. The van der Waals surface area contributed by atoms with E-state index < -0.39 is 0 Å². The second-order valence-corrected chi connectivity index (χ2v) is 5.45. The first-order chi connectivity index (χ1) is 8.22. The highest BCUT2D eigenvalue weighted by molar-refractivity contribution is 5.47. The van der Waals surface area contributed by atoms with E-state index in [0.29, 0.717) is 11.7 Å². The monoisotopic (exact) mass is 232 g/mol. The Balaban J connectivity index is 1.81. The number of nitrogen functional groups attached to an aromatic ring is 1. The average Bonchev–Trinajstić information content (AvgIpc) is 3.13. The van der Waals surface area contributed by atoms with Crippen LogP contribution in [0.15, 0.2) is 6.07 Å². The van der Waals surface area contributed by atoms with E-state index in [9.17, 15) is 0 Å². The molecule has 4 heteroatoms. The molecule has 0 atom stereocenters. The van der Waals surface area contributed by atoms with Crippen LogP contribution in [0.3, 0.4) is 0 Å². The molecule has 3 rings (SSSR count). The Morgan fingerprint density at radius 2 is 1.88 bits per heavy atom. The van der Waals surface area contributed by atoms with E-state index in [1.807, 2.05) is 6.07 Å². The van der Waals surface area contributed by atoms with Crippen molar-refractivity contribution in [1.82, 2.24) is 9.97 Å². The number of nitrogens with zero attached hydrogens (tertiary/aromatic N) is 3. The van der Waals surface area contributed by atoms with Crippen molar-refractivity contribution in [1.29, 1.82) is 0 Å². The number of hydrogen-bond acceptors (Lipinski definition) is 4. The van der Waals surface area contributed by atoms with Gasteiger partial charge < -0.3 is 10.6 Å². The molecule has 92 valence electrons. The van der Waals surface area contributed by atoms with Crippen molar-refractivity contribution in [3.63, 3.8) is 0 Å². The Kier molecular flexibility index (Phi) is 2.65. The van der Waals surface area contributed by atoms with Crippen molar-refractivity contribution in [3.05, 3.63) is 11.9 Å². The van der Waals surface area contributed by atoms with Crippen molar-refractivity contribution in [2.75, 3.05) is 23.7 Å². The van der Waals surface area contributed by atoms with Gasteiger partial charge in [0.15, 0.2) is 0 Å². The molecule has 0 aromatic carbocycles. The van der Waals surface area contributed by atoms with Gasteiger partial charge in [0.2, 0.25) is 0 Å². The molecule has 2 N–H and O–H groups in total. The lowest BCUT2D eigenvalue weighted by atomic mass is 9.99. The highest BCUT2D eigenvalue weighted by Crippen LogP contribution is 2.39. The van der Waals surface area contributed by atoms with E-state index >= 15 is 0 Å². The quantitative estimate of drug-likeness (QED) is 0.849. The van der Waals surface area contributed by atoms with E-state index in [-0.39, 0.29) is 0 Å². The van der Waals surface area contributed by atoms with Crippen molar-refractivity contribution in [3.8, 4) is 0 Å². The Labute approximate surface area is 102 Å². The Morgan fingerprint density at radius 1 is 1.18 bits per heavy atom. The molecule has 0 radical (unpaired) electrons. The summed E-state index contributed by atoms with van der Waals surface area (Å²) in [5, 5.41) is 0. The predicted molar refractivity (Wildman–Crippen MR) is 69.0 cm³/mol. The van der Waals surface area contributed by atoms with E-state index in [2.05, 4.69) is 21.8 Å². The fraction of sp³-hybridized carbons (Fsp3) is 0.692. The lowest BCUT2D eigenvalue weighted by Crippen LogP contribution is -2.33. The largest absolute Gasteiger partial charge is 0.384 e. The molecular weight excluding hydrogens is 212 g/mol. The van der Waals surface area contributed by atoms with Gasteiger partial charge in [-0.15, -0.1) is 0 Å². The summed E-state index contributed by atoms with van der Waals surface area (Å²) in [5.74, 6) is 4.02. The summed E-state index contributed by atoms with van der Waals surface area (Å²) in [4.78, 5) is 11.4. The first-order valence-electron chi connectivity index (χ1n) is 6.62. The molecule has 1 saturated carbocycles. The number of anilines is 2. The average molecular weight is 232 g/mol. The van der Waals surface area contributed by atoms with Gasteiger partial charge in [0, 0.05) is 25.1 Å². The summed E-state index contributed by atoms with van der Waals surface area (Å²) in [6.45, 7) is 4.52. The van der Waals surface area contributed by atoms with Crippen LogP contribution in [0.1, 0.15) is 44.3 Å². The molecule has 0 spiro atoms. The molecular formula is C13H20N4. The van der Waals surface area contributed by atoms with Gasteiger partial charge >= 0.3 is 0 Å². The fourth-order valence-electron chi connectivity index (χ4n) is 2.40. The van der Waals surface area contributed by atoms with Gasteiger partial charge in [-0.2, -0.15) is 0 Å². The van der Waals surface area contributed by atoms with Crippen molar-refractivity contribution >= 4 is 11.6 Å². The Bertz CT molecular complexity index is 406. The van der Waals surface area contributed by atoms with Crippen LogP contribution in [-0.2, 0) is 0 Å². The zero-order valence-corrected chi connectivity index (χ0v) is 10.4. The summed E-state index contributed by atoms with van der Waals surface area (Å²) in [7, 11) is 0. The zero-order chi connectivity index (χ0) is 11.8. The van der Waals surface area contributed by atoms with Crippen LogP contribution in [-0.4, -0.2) is 23.1 Å². The number of rotatable bonds is 2. The molecule has 0 unspecified atom stereocenters. The van der Waals surface area contributed by atoms with Crippen LogP contribution >= 0.6 is 0 Å². The number of aromatic nitrogens is 2. The van der Waals surface area contributed by atoms with Crippen LogP contribution in [0.25, 0.3) is 0 Å². The Hall–Kier alpha value is -1.32. The lowest BCUT2D eigenvalue weighted by Gasteiger charge is -2.31. The first-order valence-corrected chi connectivity index (χ1v) is 6.62. The number of hydrogen-bond donors (Lipinski definition) is 1. The molecule has 1 aromatic heterocycles. The number of nitrogens with two attached hydrogens (primary N) is 1. The van der Waals surface area contributed by atoms with Gasteiger partial charge in [0.1, 0.15) is 17.5 Å². The van der Waals surface area contributed by atoms with Crippen molar-refractivity contribution < 1.29 is 0 Å². The van der Waals surface area contributed by atoms with E-state index in [4.69, 9.17) is 5.73 Å². The molecule has 2 fully saturated rings. The zero-order valence-electron chi connectivity index (χ0n) is 10.4. The van der Waals surface area contributed by atoms with Crippen molar-refractivity contribution in [2.45, 2.75) is 38.5 Å². The normalized spacial score (nSPS) is 21.8. The summed E-state index contributed by atoms with van der Waals surface area (Å²) in [5.41, 5.74) is 5.88. The van der Waals surface area contributed by atoms with Crippen LogP contribution < -0.4 is 10.6 Å².